The highest BCUT2D eigenvalue weighted by molar-refractivity contribution is 5.99. The Morgan fingerprint density at radius 1 is 0.822 bits per heavy atom. The van der Waals surface area contributed by atoms with Crippen LogP contribution >= 0.6 is 0 Å². The number of nitrogens with zero attached hydrogens (tertiary/aromatic N) is 1. The molecule has 0 heterocycles. The number of amides is 4. The van der Waals surface area contributed by atoms with E-state index in [1.54, 1.807) is 38.1 Å². The van der Waals surface area contributed by atoms with Crippen molar-refractivity contribution in [1.82, 2.24) is 21.3 Å². The fourth-order valence-corrected chi connectivity index (χ4v) is 4.49. The van der Waals surface area contributed by atoms with Gasteiger partial charge in [0.15, 0.2) is 0 Å². The third-order valence-electron chi connectivity index (χ3n) is 6.74. The Balaban J connectivity index is 2.17. The SMILES string of the molecule is CC(C)C[C@H](NC(=O)[C@H](Cc1ccc([N+](=O)[O-])cc1)NC(=O)[C@H](CC(C)C)NC(=O)CCNC(=O)c1ccccc1N)C(=O)O. The Kier molecular flexibility index (Phi) is 13.9. The first kappa shape index (κ1) is 36.2. The Hall–Kier alpha value is -5.01. The smallest absolute Gasteiger partial charge is 0.326 e. The van der Waals surface area contributed by atoms with Gasteiger partial charge in [-0.3, -0.25) is 29.3 Å². The molecule has 0 aliphatic rings. The van der Waals surface area contributed by atoms with Crippen molar-refractivity contribution in [2.45, 2.75) is 71.5 Å². The molecule has 0 aliphatic carbocycles. The number of non-ortho nitro benzene ring substituents is 1. The molecule has 3 atom stereocenters. The molecular formula is C31H42N6O8. The number of rotatable bonds is 17. The maximum Gasteiger partial charge on any atom is 0.326 e. The minimum atomic E-state index is -1.25. The molecule has 14 nitrogen and oxygen atoms in total. The van der Waals surface area contributed by atoms with E-state index in [4.69, 9.17) is 5.73 Å². The average Bonchev–Trinajstić information content (AvgIpc) is 2.95. The molecular weight excluding hydrogens is 584 g/mol. The van der Waals surface area contributed by atoms with Gasteiger partial charge in [0.25, 0.3) is 11.6 Å². The first-order valence-corrected chi connectivity index (χ1v) is 14.7. The molecule has 0 radical (unpaired) electrons. The van der Waals surface area contributed by atoms with Gasteiger partial charge in [0.05, 0.1) is 10.5 Å². The number of carbonyl (C=O) groups excluding carboxylic acids is 4. The molecule has 0 saturated carbocycles. The van der Waals surface area contributed by atoms with E-state index in [1.165, 1.54) is 24.3 Å². The monoisotopic (exact) mass is 626 g/mol. The maximum atomic E-state index is 13.5. The molecule has 0 saturated heterocycles. The lowest BCUT2D eigenvalue weighted by atomic mass is 9.99. The van der Waals surface area contributed by atoms with Gasteiger partial charge in [-0.05, 0) is 42.4 Å². The number of nitrogen functional groups attached to an aromatic ring is 1. The average molecular weight is 627 g/mol. The van der Waals surface area contributed by atoms with E-state index in [0.29, 0.717) is 11.3 Å². The molecule has 0 aromatic heterocycles. The number of nitro groups is 1. The summed E-state index contributed by atoms with van der Waals surface area (Å²) in [4.78, 5) is 74.3. The van der Waals surface area contributed by atoms with Crippen LogP contribution in [0.2, 0.25) is 0 Å². The first-order chi connectivity index (χ1) is 21.2. The number of benzene rings is 2. The summed E-state index contributed by atoms with van der Waals surface area (Å²) in [6, 6.07) is 8.39. The van der Waals surface area contributed by atoms with Gasteiger partial charge >= 0.3 is 5.97 Å². The zero-order valence-electron chi connectivity index (χ0n) is 25.9. The maximum absolute atomic E-state index is 13.5. The van der Waals surface area contributed by atoms with Crippen molar-refractivity contribution >= 4 is 41.0 Å². The van der Waals surface area contributed by atoms with E-state index in [-0.39, 0.29) is 55.3 Å². The zero-order valence-corrected chi connectivity index (χ0v) is 25.9. The normalized spacial score (nSPS) is 12.9. The van der Waals surface area contributed by atoms with E-state index in [9.17, 15) is 39.2 Å². The van der Waals surface area contributed by atoms with Crippen molar-refractivity contribution in [2.24, 2.45) is 11.8 Å². The molecule has 2 aromatic rings. The van der Waals surface area contributed by atoms with Crippen LogP contribution in [0.15, 0.2) is 48.5 Å². The van der Waals surface area contributed by atoms with Crippen LogP contribution < -0.4 is 27.0 Å². The number of carbonyl (C=O) groups is 5. The summed E-state index contributed by atoms with van der Waals surface area (Å²) >= 11 is 0. The van der Waals surface area contributed by atoms with Crippen LogP contribution in [0.5, 0.6) is 0 Å². The number of carboxylic acid groups (broad SMARTS) is 1. The highest BCUT2D eigenvalue weighted by Gasteiger charge is 2.30. The quantitative estimate of drug-likeness (QED) is 0.0858. The number of nitrogens with two attached hydrogens (primary N) is 1. The summed E-state index contributed by atoms with van der Waals surface area (Å²) in [7, 11) is 0. The van der Waals surface area contributed by atoms with Gasteiger partial charge in [-0.1, -0.05) is 52.0 Å². The van der Waals surface area contributed by atoms with Crippen molar-refractivity contribution in [3.05, 3.63) is 69.8 Å². The van der Waals surface area contributed by atoms with Gasteiger partial charge in [-0.2, -0.15) is 0 Å². The second-order valence-corrected chi connectivity index (χ2v) is 11.6. The fourth-order valence-electron chi connectivity index (χ4n) is 4.49. The first-order valence-electron chi connectivity index (χ1n) is 14.7. The molecule has 0 fully saturated rings. The molecule has 7 N–H and O–H groups in total. The van der Waals surface area contributed by atoms with Crippen molar-refractivity contribution in [2.75, 3.05) is 12.3 Å². The lowest BCUT2D eigenvalue weighted by molar-refractivity contribution is -0.384. The predicted molar refractivity (Wildman–Crippen MR) is 167 cm³/mol. The van der Waals surface area contributed by atoms with Crippen LogP contribution in [0.25, 0.3) is 0 Å². The summed E-state index contributed by atoms with van der Waals surface area (Å²) in [6.07, 6.45) is 0.142. The summed E-state index contributed by atoms with van der Waals surface area (Å²) in [5.74, 6) is -3.71. The van der Waals surface area contributed by atoms with E-state index in [2.05, 4.69) is 21.3 Å². The number of nitrogens with one attached hydrogen (secondary N) is 4. The molecule has 0 bridgehead atoms. The second-order valence-electron chi connectivity index (χ2n) is 11.6. The fraction of sp³-hybridized carbons (Fsp3) is 0.452. The number of para-hydroxylation sites is 1. The number of carboxylic acids is 1. The molecule has 4 amide bonds. The van der Waals surface area contributed by atoms with Gasteiger partial charge in [0.1, 0.15) is 18.1 Å². The summed E-state index contributed by atoms with van der Waals surface area (Å²) < 4.78 is 0. The number of aliphatic carboxylic acids is 1. The van der Waals surface area contributed by atoms with Gasteiger partial charge < -0.3 is 32.1 Å². The van der Waals surface area contributed by atoms with Crippen LogP contribution in [0, 0.1) is 22.0 Å². The van der Waals surface area contributed by atoms with Gasteiger partial charge in [0, 0.05) is 37.2 Å². The van der Waals surface area contributed by atoms with Crippen LogP contribution in [-0.2, 0) is 25.6 Å². The van der Waals surface area contributed by atoms with Crippen molar-refractivity contribution in [3.63, 3.8) is 0 Å². The molecule has 0 unspecified atom stereocenters. The largest absolute Gasteiger partial charge is 0.480 e. The third kappa shape index (κ3) is 12.3. The zero-order chi connectivity index (χ0) is 33.7. The van der Waals surface area contributed by atoms with Gasteiger partial charge in [-0.25, -0.2) is 4.79 Å². The number of anilines is 1. The second kappa shape index (κ2) is 17.3. The van der Waals surface area contributed by atoms with Crippen LogP contribution in [0.4, 0.5) is 11.4 Å². The Bertz CT molecular complexity index is 1360. The Morgan fingerprint density at radius 3 is 1.93 bits per heavy atom. The van der Waals surface area contributed by atoms with E-state index in [0.717, 1.165) is 0 Å². The number of nitro benzene ring substituents is 1. The van der Waals surface area contributed by atoms with Crippen LogP contribution in [0.1, 0.15) is 62.9 Å². The lowest BCUT2D eigenvalue weighted by Gasteiger charge is -2.26. The van der Waals surface area contributed by atoms with E-state index >= 15 is 0 Å². The van der Waals surface area contributed by atoms with Crippen molar-refractivity contribution < 1.29 is 34.0 Å². The molecule has 0 aliphatic heterocycles. The van der Waals surface area contributed by atoms with Crippen LogP contribution in [0.3, 0.4) is 0 Å². The minimum Gasteiger partial charge on any atom is -0.480 e. The Labute approximate surface area is 261 Å². The van der Waals surface area contributed by atoms with E-state index < -0.39 is 52.6 Å². The molecule has 45 heavy (non-hydrogen) atoms. The number of hydrogen-bond acceptors (Lipinski definition) is 8. The van der Waals surface area contributed by atoms with Crippen molar-refractivity contribution in [1.29, 1.82) is 0 Å². The highest BCUT2D eigenvalue weighted by Crippen LogP contribution is 2.15. The standard InChI is InChI=1S/C31H42N6O8/c1-18(2)15-24(34-27(38)13-14-33-28(39)22-7-5-6-8-23(22)32)29(40)35-25(17-20-9-11-21(12-10-20)37(44)45)30(41)36-26(31(42)43)16-19(3)4/h5-12,18-19,24-26H,13-17,32H2,1-4H3,(H,33,39)(H,34,38)(H,35,40)(H,36,41)(H,42,43)/t24-,25-,26-/m0/s1. The van der Waals surface area contributed by atoms with Crippen molar-refractivity contribution in [3.8, 4) is 0 Å². The lowest BCUT2D eigenvalue weighted by Crippen LogP contribution is -2.56. The topological polar surface area (TPSA) is 223 Å². The molecule has 244 valence electrons. The van der Waals surface area contributed by atoms with Gasteiger partial charge in [0.2, 0.25) is 17.7 Å². The van der Waals surface area contributed by atoms with Crippen LogP contribution in [-0.4, -0.2) is 64.3 Å². The molecule has 14 heteroatoms. The molecule has 2 rings (SSSR count). The third-order valence-corrected chi connectivity index (χ3v) is 6.74. The van der Waals surface area contributed by atoms with Gasteiger partial charge in [-0.15, -0.1) is 0 Å². The summed E-state index contributed by atoms with van der Waals surface area (Å²) in [5.41, 5.74) is 6.70. The van der Waals surface area contributed by atoms with E-state index in [1.807, 2.05) is 13.8 Å². The predicted octanol–water partition coefficient (Wildman–Crippen LogP) is 2.17. The Morgan fingerprint density at radius 2 is 1.38 bits per heavy atom. The highest BCUT2D eigenvalue weighted by atomic mass is 16.6. The minimum absolute atomic E-state index is 0.0212. The molecule has 2 aromatic carbocycles. The summed E-state index contributed by atoms with van der Waals surface area (Å²) in [5, 5.41) is 31.1. The summed E-state index contributed by atoms with van der Waals surface area (Å²) in [6.45, 7) is 7.29. The molecule has 0 spiro atoms. The number of hydrogen-bond donors (Lipinski definition) is 6.